The van der Waals surface area contributed by atoms with Crippen LogP contribution in [0.1, 0.15) is 46.5 Å². The highest BCUT2D eigenvalue weighted by molar-refractivity contribution is 5.54. The normalized spacial score (nSPS) is 15.5. The van der Waals surface area contributed by atoms with E-state index >= 15 is 0 Å². The van der Waals surface area contributed by atoms with Crippen molar-refractivity contribution in [3.05, 3.63) is 0 Å². The van der Waals surface area contributed by atoms with Crippen LogP contribution in [0, 0.1) is 0 Å². The first-order chi connectivity index (χ1) is 7.81. The summed E-state index contributed by atoms with van der Waals surface area (Å²) in [5.74, 6) is 0. The van der Waals surface area contributed by atoms with Crippen LogP contribution in [0.5, 0.6) is 0 Å². The molecule has 1 rings (SSSR count). The lowest BCUT2D eigenvalue weighted by Gasteiger charge is -2.30. The van der Waals surface area contributed by atoms with Crippen LogP contribution in [-0.4, -0.2) is 41.2 Å². The van der Waals surface area contributed by atoms with Crippen LogP contribution < -0.4 is 5.53 Å². The maximum atomic E-state index is 4.34. The number of hydrogen-bond donors (Lipinski definition) is 1. The van der Waals surface area contributed by atoms with Gasteiger partial charge in [-0.15, -0.1) is 15.9 Å². The van der Waals surface area contributed by atoms with Crippen molar-refractivity contribution in [3.63, 3.8) is 0 Å². The first-order valence-electron chi connectivity index (χ1n) is 6.43. The molecule has 0 aromatic rings. The van der Waals surface area contributed by atoms with Gasteiger partial charge in [-0.1, -0.05) is 26.7 Å². The Labute approximate surface area is 99.0 Å². The van der Waals surface area contributed by atoms with Crippen LogP contribution in [0.15, 0.2) is 5.10 Å². The summed E-state index contributed by atoms with van der Waals surface area (Å²) < 4.78 is 0. The Bertz CT molecular complexity index is 199. The van der Waals surface area contributed by atoms with E-state index in [4.69, 9.17) is 0 Å². The van der Waals surface area contributed by atoms with E-state index in [9.17, 15) is 0 Å². The molecule has 1 heterocycles. The van der Waals surface area contributed by atoms with Gasteiger partial charge in [-0.25, -0.2) is 0 Å². The average molecular weight is 227 g/mol. The summed E-state index contributed by atoms with van der Waals surface area (Å²) in [6.45, 7) is 9.60. The van der Waals surface area contributed by atoms with Crippen LogP contribution in [0.25, 0.3) is 0 Å². The fraction of sp³-hybridized carbons (Fsp3) is 0.909. The molecule has 0 amide bonds. The maximum Gasteiger partial charge on any atom is 0.130 e. The molecule has 1 aliphatic heterocycles. The monoisotopic (exact) mass is 227 g/mol. The van der Waals surface area contributed by atoms with Gasteiger partial charge in [0.25, 0.3) is 0 Å². The minimum absolute atomic E-state index is 0.926. The van der Waals surface area contributed by atoms with Crippen molar-refractivity contribution in [2.75, 3.05) is 19.6 Å². The molecule has 0 aromatic carbocycles. The molecule has 0 aromatic heterocycles. The van der Waals surface area contributed by atoms with Crippen molar-refractivity contribution in [1.29, 1.82) is 0 Å². The van der Waals surface area contributed by atoms with Crippen LogP contribution in [0.2, 0.25) is 0 Å². The lowest BCUT2D eigenvalue weighted by Crippen LogP contribution is -2.50. The first kappa shape index (κ1) is 13.3. The number of hydrazone groups is 1. The Balaban J connectivity index is 2.39. The van der Waals surface area contributed by atoms with Crippen molar-refractivity contribution in [2.24, 2.45) is 5.10 Å². The molecule has 0 bridgehead atoms. The van der Waals surface area contributed by atoms with Crippen LogP contribution in [-0.2, 0) is 0 Å². The molecule has 0 atom stereocenters. The summed E-state index contributed by atoms with van der Waals surface area (Å²) in [4.78, 5) is 0. The molecule has 0 saturated heterocycles. The third-order valence-corrected chi connectivity index (χ3v) is 2.67. The molecule has 16 heavy (non-hydrogen) atoms. The molecule has 5 heteroatoms. The number of nitrogens with zero attached hydrogens (tertiary/aromatic N) is 4. The summed E-state index contributed by atoms with van der Waals surface area (Å²) in [5, 5.41) is 10.5. The Morgan fingerprint density at radius 1 is 1.12 bits per heavy atom. The topological polar surface area (TPSA) is 34.1 Å². The van der Waals surface area contributed by atoms with Crippen LogP contribution in [0.4, 0.5) is 0 Å². The zero-order valence-corrected chi connectivity index (χ0v) is 10.8. The van der Waals surface area contributed by atoms with Crippen molar-refractivity contribution >= 4 is 6.34 Å². The molecule has 1 N–H and O–H groups in total. The molecule has 0 unspecified atom stereocenters. The summed E-state index contributed by atoms with van der Waals surface area (Å²) in [6.07, 6.45) is 6.70. The van der Waals surface area contributed by atoms with E-state index in [1.165, 1.54) is 25.7 Å². The van der Waals surface area contributed by atoms with Crippen LogP contribution in [0.3, 0.4) is 0 Å². The molecular formula is C11H25N5. The van der Waals surface area contributed by atoms with Gasteiger partial charge in [0, 0.05) is 19.6 Å². The zero-order valence-electron chi connectivity index (χ0n) is 10.8. The predicted octanol–water partition coefficient (Wildman–Crippen LogP) is 1.80. The standard InChI is InChI=1S/C11H25N5/c1-4-7-9-15(10-8-5-2)16-12-11-14(6-3)13-16/h11,13H,4-10H2,1-3H3. The summed E-state index contributed by atoms with van der Waals surface area (Å²) in [5.41, 5.74) is 3.23. The first-order valence-corrected chi connectivity index (χ1v) is 6.43. The van der Waals surface area contributed by atoms with Gasteiger partial charge in [0.2, 0.25) is 0 Å². The van der Waals surface area contributed by atoms with Crippen molar-refractivity contribution in [3.8, 4) is 0 Å². The summed E-state index contributed by atoms with van der Waals surface area (Å²) in [6, 6.07) is 0. The predicted molar refractivity (Wildman–Crippen MR) is 67.2 cm³/mol. The third-order valence-electron chi connectivity index (χ3n) is 2.67. The van der Waals surface area contributed by atoms with Gasteiger partial charge in [-0.2, -0.15) is 5.01 Å². The third kappa shape index (κ3) is 3.98. The fourth-order valence-corrected chi connectivity index (χ4v) is 1.55. The number of rotatable bonds is 8. The van der Waals surface area contributed by atoms with Gasteiger partial charge >= 0.3 is 0 Å². The van der Waals surface area contributed by atoms with Gasteiger partial charge in [0.05, 0.1) is 0 Å². The quantitative estimate of drug-likeness (QED) is 0.685. The number of hydrogen-bond acceptors (Lipinski definition) is 5. The summed E-state index contributed by atoms with van der Waals surface area (Å²) in [7, 11) is 0. The molecule has 0 spiro atoms. The fourth-order valence-electron chi connectivity index (χ4n) is 1.55. The van der Waals surface area contributed by atoms with Crippen molar-refractivity contribution in [1.82, 2.24) is 20.8 Å². The van der Waals surface area contributed by atoms with Gasteiger partial charge in [-0.05, 0) is 19.8 Å². The van der Waals surface area contributed by atoms with Crippen LogP contribution >= 0.6 is 0 Å². The Hall–Kier alpha value is -0.810. The molecule has 0 saturated carbocycles. The highest BCUT2D eigenvalue weighted by Gasteiger charge is 2.18. The summed E-state index contributed by atoms with van der Waals surface area (Å²) >= 11 is 0. The van der Waals surface area contributed by atoms with Crippen molar-refractivity contribution < 1.29 is 0 Å². The minimum atomic E-state index is 0.926. The van der Waals surface area contributed by atoms with E-state index in [2.05, 4.69) is 36.4 Å². The number of nitrogens with one attached hydrogen (secondary N) is 1. The second kappa shape index (κ2) is 7.46. The number of hydrazine groups is 3. The van der Waals surface area contributed by atoms with E-state index in [-0.39, 0.29) is 0 Å². The van der Waals surface area contributed by atoms with E-state index in [0.29, 0.717) is 0 Å². The van der Waals surface area contributed by atoms with Crippen molar-refractivity contribution in [2.45, 2.75) is 46.5 Å². The Morgan fingerprint density at radius 3 is 2.19 bits per heavy atom. The molecule has 1 aliphatic rings. The molecule has 94 valence electrons. The largest absolute Gasteiger partial charge is 0.276 e. The second-order valence-electron chi connectivity index (χ2n) is 4.07. The molecule has 5 nitrogen and oxygen atoms in total. The minimum Gasteiger partial charge on any atom is -0.276 e. The lowest BCUT2D eigenvalue weighted by atomic mass is 10.3. The molecule has 0 radical (unpaired) electrons. The van der Waals surface area contributed by atoms with Gasteiger partial charge in [0.1, 0.15) is 6.34 Å². The number of unbranched alkanes of at least 4 members (excludes halogenated alkanes) is 2. The smallest absolute Gasteiger partial charge is 0.130 e. The highest BCUT2D eigenvalue weighted by Crippen LogP contribution is 2.06. The van der Waals surface area contributed by atoms with E-state index in [1.807, 2.05) is 16.6 Å². The van der Waals surface area contributed by atoms with Gasteiger partial charge < -0.3 is 0 Å². The molecule has 0 aliphatic carbocycles. The van der Waals surface area contributed by atoms with Gasteiger partial charge in [0.15, 0.2) is 0 Å². The van der Waals surface area contributed by atoms with E-state index in [1.54, 1.807) is 0 Å². The lowest BCUT2D eigenvalue weighted by molar-refractivity contribution is -0.0938. The SMILES string of the molecule is CCCCN(CCCC)N1N=CN(CC)N1. The molecular weight excluding hydrogens is 202 g/mol. The average Bonchev–Trinajstić information content (AvgIpc) is 2.78. The second-order valence-corrected chi connectivity index (χ2v) is 4.07. The highest BCUT2D eigenvalue weighted by atomic mass is 16.0. The van der Waals surface area contributed by atoms with E-state index in [0.717, 1.165) is 19.6 Å². The zero-order chi connectivity index (χ0) is 11.8. The molecule has 0 fully saturated rings. The maximum absolute atomic E-state index is 4.34. The van der Waals surface area contributed by atoms with E-state index < -0.39 is 0 Å². The van der Waals surface area contributed by atoms with Gasteiger partial charge in [-0.3, -0.25) is 5.01 Å². The Kier molecular flexibility index (Phi) is 6.18. The Morgan fingerprint density at radius 2 is 1.75 bits per heavy atom.